The van der Waals surface area contributed by atoms with Gasteiger partial charge in [-0.3, -0.25) is 0 Å². The SMILES string of the molecule is COc1ccc(-c2cc(N)no2)cc1C(C)C. The largest absolute Gasteiger partial charge is 0.496 e. The molecule has 0 amide bonds. The Morgan fingerprint density at radius 3 is 2.59 bits per heavy atom. The molecule has 2 N–H and O–H groups in total. The van der Waals surface area contributed by atoms with Crippen LogP contribution in [0.3, 0.4) is 0 Å². The fraction of sp³-hybridized carbons (Fsp3) is 0.308. The van der Waals surface area contributed by atoms with Crippen LogP contribution in [0, 0.1) is 0 Å². The fourth-order valence-corrected chi connectivity index (χ4v) is 1.76. The summed E-state index contributed by atoms with van der Waals surface area (Å²) < 4.78 is 10.5. The van der Waals surface area contributed by atoms with E-state index in [1.807, 2.05) is 18.2 Å². The number of hydrogen-bond acceptors (Lipinski definition) is 4. The first kappa shape index (κ1) is 11.5. The summed E-state index contributed by atoms with van der Waals surface area (Å²) in [5, 5.41) is 3.68. The van der Waals surface area contributed by atoms with Gasteiger partial charge in [-0.1, -0.05) is 19.0 Å². The summed E-state index contributed by atoms with van der Waals surface area (Å²) in [6.07, 6.45) is 0. The van der Waals surface area contributed by atoms with Crippen LogP contribution in [0.4, 0.5) is 5.82 Å². The minimum atomic E-state index is 0.380. The van der Waals surface area contributed by atoms with E-state index in [1.165, 1.54) is 0 Å². The summed E-state index contributed by atoms with van der Waals surface area (Å²) in [7, 11) is 1.67. The molecular formula is C13H16N2O2. The third-order valence-corrected chi connectivity index (χ3v) is 2.66. The monoisotopic (exact) mass is 232 g/mol. The zero-order valence-corrected chi connectivity index (χ0v) is 10.2. The van der Waals surface area contributed by atoms with Gasteiger partial charge in [-0.15, -0.1) is 0 Å². The molecule has 0 saturated carbocycles. The number of nitrogens with two attached hydrogens (primary N) is 1. The van der Waals surface area contributed by atoms with Gasteiger partial charge in [0, 0.05) is 11.6 Å². The molecule has 0 atom stereocenters. The van der Waals surface area contributed by atoms with Gasteiger partial charge in [0.05, 0.1) is 7.11 Å². The van der Waals surface area contributed by atoms with Crippen molar-refractivity contribution >= 4 is 5.82 Å². The van der Waals surface area contributed by atoms with Crippen LogP contribution < -0.4 is 10.5 Å². The van der Waals surface area contributed by atoms with Crippen molar-refractivity contribution in [2.24, 2.45) is 0 Å². The van der Waals surface area contributed by atoms with E-state index < -0.39 is 0 Å². The Bertz CT molecular complexity index is 518. The van der Waals surface area contributed by atoms with E-state index in [9.17, 15) is 0 Å². The van der Waals surface area contributed by atoms with Crippen LogP contribution in [0.1, 0.15) is 25.3 Å². The number of aromatic nitrogens is 1. The molecule has 1 aromatic carbocycles. The van der Waals surface area contributed by atoms with Gasteiger partial charge in [0.15, 0.2) is 11.6 Å². The zero-order chi connectivity index (χ0) is 12.4. The lowest BCUT2D eigenvalue weighted by atomic mass is 9.99. The topological polar surface area (TPSA) is 61.3 Å². The summed E-state index contributed by atoms with van der Waals surface area (Å²) in [6, 6.07) is 7.63. The molecule has 4 heteroatoms. The lowest BCUT2D eigenvalue weighted by Gasteiger charge is -2.12. The standard InChI is InChI=1S/C13H16N2O2/c1-8(2)10-6-9(4-5-11(10)16-3)12-7-13(14)15-17-12/h4-8H,1-3H3,(H2,14,15). The van der Waals surface area contributed by atoms with Crippen molar-refractivity contribution in [2.45, 2.75) is 19.8 Å². The van der Waals surface area contributed by atoms with Gasteiger partial charge in [-0.05, 0) is 29.7 Å². The molecule has 0 aliphatic carbocycles. The van der Waals surface area contributed by atoms with Gasteiger partial charge in [-0.2, -0.15) is 0 Å². The molecule has 4 nitrogen and oxygen atoms in total. The summed E-state index contributed by atoms with van der Waals surface area (Å²) in [6.45, 7) is 4.24. The Morgan fingerprint density at radius 2 is 2.06 bits per heavy atom. The van der Waals surface area contributed by atoms with Crippen LogP contribution in [-0.2, 0) is 0 Å². The van der Waals surface area contributed by atoms with Crippen LogP contribution in [-0.4, -0.2) is 12.3 Å². The van der Waals surface area contributed by atoms with Crippen molar-refractivity contribution in [3.8, 4) is 17.1 Å². The summed E-state index contributed by atoms with van der Waals surface area (Å²) in [4.78, 5) is 0. The van der Waals surface area contributed by atoms with Gasteiger partial charge in [0.25, 0.3) is 0 Å². The van der Waals surface area contributed by atoms with Crippen LogP contribution in [0.2, 0.25) is 0 Å². The Hall–Kier alpha value is -1.97. The first-order chi connectivity index (χ1) is 8.11. The molecule has 0 unspecified atom stereocenters. The molecule has 0 fully saturated rings. The number of methoxy groups -OCH3 is 1. The minimum absolute atomic E-state index is 0.380. The van der Waals surface area contributed by atoms with Crippen LogP contribution in [0.5, 0.6) is 5.75 Å². The number of anilines is 1. The Balaban J connectivity index is 2.47. The summed E-state index contributed by atoms with van der Waals surface area (Å²) in [5.41, 5.74) is 7.64. The van der Waals surface area contributed by atoms with Gasteiger partial charge in [0.2, 0.25) is 0 Å². The van der Waals surface area contributed by atoms with E-state index in [2.05, 4.69) is 19.0 Å². The number of ether oxygens (including phenoxy) is 1. The quantitative estimate of drug-likeness (QED) is 0.883. The molecule has 0 aliphatic heterocycles. The summed E-state index contributed by atoms with van der Waals surface area (Å²) >= 11 is 0. The number of rotatable bonds is 3. The number of nitrogen functional groups attached to an aromatic ring is 1. The Kier molecular flexibility index (Phi) is 3.04. The molecule has 0 saturated heterocycles. The van der Waals surface area contributed by atoms with E-state index in [1.54, 1.807) is 13.2 Å². The smallest absolute Gasteiger partial charge is 0.169 e. The third-order valence-electron chi connectivity index (χ3n) is 2.66. The first-order valence-corrected chi connectivity index (χ1v) is 5.52. The lowest BCUT2D eigenvalue weighted by Crippen LogP contribution is -1.94. The normalized spacial score (nSPS) is 10.8. The maximum absolute atomic E-state index is 5.54. The molecule has 2 aromatic rings. The Labute approximate surface area is 100 Å². The highest BCUT2D eigenvalue weighted by Gasteiger charge is 2.11. The van der Waals surface area contributed by atoms with E-state index in [4.69, 9.17) is 15.0 Å². The van der Waals surface area contributed by atoms with E-state index in [-0.39, 0.29) is 0 Å². The molecule has 0 bridgehead atoms. The Morgan fingerprint density at radius 1 is 1.29 bits per heavy atom. The molecule has 17 heavy (non-hydrogen) atoms. The van der Waals surface area contributed by atoms with E-state index in [0.29, 0.717) is 17.5 Å². The van der Waals surface area contributed by atoms with Crippen molar-refractivity contribution in [2.75, 3.05) is 12.8 Å². The molecule has 2 rings (SSSR count). The molecular weight excluding hydrogens is 216 g/mol. The fourth-order valence-electron chi connectivity index (χ4n) is 1.76. The van der Waals surface area contributed by atoms with Gasteiger partial charge >= 0.3 is 0 Å². The number of nitrogens with zero attached hydrogens (tertiary/aromatic N) is 1. The third kappa shape index (κ3) is 2.25. The van der Waals surface area contributed by atoms with Crippen molar-refractivity contribution in [1.29, 1.82) is 0 Å². The van der Waals surface area contributed by atoms with Crippen LogP contribution in [0.25, 0.3) is 11.3 Å². The predicted molar refractivity (Wildman–Crippen MR) is 67.0 cm³/mol. The van der Waals surface area contributed by atoms with E-state index in [0.717, 1.165) is 16.9 Å². The minimum Gasteiger partial charge on any atom is -0.496 e. The number of benzene rings is 1. The summed E-state index contributed by atoms with van der Waals surface area (Å²) in [5.74, 6) is 2.33. The highest BCUT2D eigenvalue weighted by Crippen LogP contribution is 2.31. The second-order valence-electron chi connectivity index (χ2n) is 4.23. The van der Waals surface area contributed by atoms with Crippen LogP contribution >= 0.6 is 0 Å². The molecule has 1 heterocycles. The van der Waals surface area contributed by atoms with Gasteiger partial charge in [-0.25, -0.2) is 0 Å². The second-order valence-corrected chi connectivity index (χ2v) is 4.23. The first-order valence-electron chi connectivity index (χ1n) is 5.52. The maximum Gasteiger partial charge on any atom is 0.169 e. The molecule has 0 aliphatic rings. The molecule has 1 aromatic heterocycles. The van der Waals surface area contributed by atoms with Crippen molar-refractivity contribution in [3.05, 3.63) is 29.8 Å². The van der Waals surface area contributed by atoms with Crippen molar-refractivity contribution in [1.82, 2.24) is 5.16 Å². The van der Waals surface area contributed by atoms with E-state index >= 15 is 0 Å². The van der Waals surface area contributed by atoms with Crippen molar-refractivity contribution in [3.63, 3.8) is 0 Å². The maximum atomic E-state index is 5.54. The van der Waals surface area contributed by atoms with Gasteiger partial charge in [0.1, 0.15) is 5.75 Å². The molecule has 0 spiro atoms. The average Bonchev–Trinajstić information content (AvgIpc) is 2.75. The number of hydrogen-bond donors (Lipinski definition) is 1. The van der Waals surface area contributed by atoms with Crippen LogP contribution in [0.15, 0.2) is 28.8 Å². The zero-order valence-electron chi connectivity index (χ0n) is 10.2. The predicted octanol–water partition coefficient (Wildman–Crippen LogP) is 3.06. The molecule has 0 radical (unpaired) electrons. The van der Waals surface area contributed by atoms with Gasteiger partial charge < -0.3 is 15.0 Å². The lowest BCUT2D eigenvalue weighted by molar-refractivity contribution is 0.407. The highest BCUT2D eigenvalue weighted by molar-refractivity contribution is 5.63. The average molecular weight is 232 g/mol. The highest BCUT2D eigenvalue weighted by atomic mass is 16.5. The second kappa shape index (κ2) is 4.49. The van der Waals surface area contributed by atoms with Crippen molar-refractivity contribution < 1.29 is 9.26 Å². The molecule has 90 valence electrons.